The van der Waals surface area contributed by atoms with E-state index in [1.807, 2.05) is 5.32 Å². The summed E-state index contributed by atoms with van der Waals surface area (Å²) in [5, 5.41) is 21.7. The van der Waals surface area contributed by atoms with Crippen LogP contribution in [0.5, 0.6) is 0 Å². The van der Waals surface area contributed by atoms with Crippen LogP contribution >= 0.6 is 0 Å². The number of carbonyl (C=O) groups is 3. The van der Waals surface area contributed by atoms with E-state index >= 15 is 0 Å². The topological polar surface area (TPSA) is 116 Å². The van der Waals surface area contributed by atoms with E-state index in [1.54, 1.807) is 0 Å². The highest BCUT2D eigenvalue weighted by Crippen LogP contribution is 2.20. The molecule has 9 heteroatoms. The molecule has 0 aliphatic carbocycles. The Bertz CT molecular complexity index is 583. The third kappa shape index (κ3) is 4.40. The number of anilines is 1. The first-order valence-corrected chi connectivity index (χ1v) is 6.18. The zero-order chi connectivity index (χ0) is 16.9. The van der Waals surface area contributed by atoms with Crippen LogP contribution in [0.3, 0.4) is 0 Å². The molecule has 0 saturated carbocycles. The Balaban J connectivity index is 2.90. The van der Waals surface area contributed by atoms with E-state index in [2.05, 4.69) is 5.32 Å². The van der Waals surface area contributed by atoms with Gasteiger partial charge in [-0.15, -0.1) is 0 Å². The first-order chi connectivity index (χ1) is 10.3. The standard InChI is InChI=1S/C13H14F2N2O5/c1-16-11-7(14)4-6(5-8(11)15)12(20)17-9(13(21)22)2-3-10(18)19/h4-5,9,16H,2-3H2,1H3,(H,17,20)(H,18,19)(H,21,22)/t9-/m1/s1. The van der Waals surface area contributed by atoms with Gasteiger partial charge in [-0.2, -0.15) is 0 Å². The summed E-state index contributed by atoms with van der Waals surface area (Å²) in [5.41, 5.74) is -0.826. The second-order valence-corrected chi connectivity index (χ2v) is 4.36. The number of carboxylic acid groups (broad SMARTS) is 2. The highest BCUT2D eigenvalue weighted by Gasteiger charge is 2.23. The largest absolute Gasteiger partial charge is 0.481 e. The molecule has 1 amide bonds. The average Bonchev–Trinajstić information content (AvgIpc) is 2.42. The normalized spacial score (nSPS) is 11.6. The fourth-order valence-electron chi connectivity index (χ4n) is 1.71. The van der Waals surface area contributed by atoms with Crippen LogP contribution in [-0.4, -0.2) is 41.1 Å². The van der Waals surface area contributed by atoms with Crippen molar-refractivity contribution in [2.75, 3.05) is 12.4 Å². The minimum atomic E-state index is -1.47. The van der Waals surface area contributed by atoms with Crippen molar-refractivity contribution in [3.8, 4) is 0 Å². The number of halogens is 2. The van der Waals surface area contributed by atoms with Gasteiger partial charge in [0.2, 0.25) is 0 Å². The predicted molar refractivity (Wildman–Crippen MR) is 71.7 cm³/mol. The lowest BCUT2D eigenvalue weighted by atomic mass is 10.1. The lowest BCUT2D eigenvalue weighted by molar-refractivity contribution is -0.140. The number of benzene rings is 1. The third-order valence-corrected chi connectivity index (χ3v) is 2.80. The van der Waals surface area contributed by atoms with Gasteiger partial charge >= 0.3 is 11.9 Å². The minimum absolute atomic E-state index is 0.351. The van der Waals surface area contributed by atoms with Crippen LogP contribution in [0.4, 0.5) is 14.5 Å². The van der Waals surface area contributed by atoms with Gasteiger partial charge < -0.3 is 20.8 Å². The molecule has 4 N–H and O–H groups in total. The maximum Gasteiger partial charge on any atom is 0.326 e. The molecule has 0 aliphatic rings. The molecule has 0 heterocycles. The van der Waals surface area contributed by atoms with Crippen LogP contribution in [0.25, 0.3) is 0 Å². The molecule has 1 aromatic rings. The van der Waals surface area contributed by atoms with E-state index < -0.39 is 53.2 Å². The van der Waals surface area contributed by atoms with Crippen LogP contribution in [0.2, 0.25) is 0 Å². The SMILES string of the molecule is CNc1c(F)cc(C(=O)N[C@H](CCC(=O)O)C(=O)O)cc1F. The minimum Gasteiger partial charge on any atom is -0.481 e. The third-order valence-electron chi connectivity index (χ3n) is 2.80. The maximum absolute atomic E-state index is 13.5. The van der Waals surface area contributed by atoms with Crippen molar-refractivity contribution < 1.29 is 33.4 Å². The van der Waals surface area contributed by atoms with Gasteiger partial charge in [0, 0.05) is 19.0 Å². The zero-order valence-corrected chi connectivity index (χ0v) is 11.5. The number of nitrogens with one attached hydrogen (secondary N) is 2. The van der Waals surface area contributed by atoms with E-state index in [0.29, 0.717) is 0 Å². The highest BCUT2D eigenvalue weighted by molar-refractivity contribution is 5.97. The number of carboxylic acids is 2. The van der Waals surface area contributed by atoms with Gasteiger partial charge in [0.25, 0.3) is 5.91 Å². The molecule has 1 rings (SSSR count). The summed E-state index contributed by atoms with van der Waals surface area (Å²) in [6.07, 6.45) is -0.825. The Hall–Kier alpha value is -2.71. The fourth-order valence-corrected chi connectivity index (χ4v) is 1.71. The van der Waals surface area contributed by atoms with Gasteiger partial charge in [-0.3, -0.25) is 9.59 Å². The molecule has 0 bridgehead atoms. The molecular formula is C13H14F2N2O5. The highest BCUT2D eigenvalue weighted by atomic mass is 19.1. The Labute approximate surface area is 123 Å². The molecule has 1 atom stereocenters. The van der Waals surface area contributed by atoms with Crippen molar-refractivity contribution in [2.24, 2.45) is 0 Å². The van der Waals surface area contributed by atoms with Gasteiger partial charge in [-0.25, -0.2) is 13.6 Å². The second kappa shape index (κ2) is 7.34. The van der Waals surface area contributed by atoms with Crippen LogP contribution in [-0.2, 0) is 9.59 Å². The summed E-state index contributed by atoms with van der Waals surface area (Å²) in [6, 6.07) is 0.0273. The Morgan fingerprint density at radius 3 is 2.14 bits per heavy atom. The van der Waals surface area contributed by atoms with Crippen LogP contribution in [0.15, 0.2) is 12.1 Å². The lowest BCUT2D eigenvalue weighted by Crippen LogP contribution is -2.41. The molecule has 0 aromatic heterocycles. The number of aliphatic carboxylic acids is 2. The summed E-state index contributed by atoms with van der Waals surface area (Å²) in [4.78, 5) is 33.2. The summed E-state index contributed by atoms with van der Waals surface area (Å²) in [6.45, 7) is 0. The molecule has 120 valence electrons. The van der Waals surface area contributed by atoms with Crippen molar-refractivity contribution >= 4 is 23.5 Å². The molecule has 0 unspecified atom stereocenters. The number of hydrogen-bond donors (Lipinski definition) is 4. The van der Waals surface area contributed by atoms with Crippen LogP contribution in [0, 0.1) is 11.6 Å². The Kier molecular flexibility index (Phi) is 5.79. The maximum atomic E-state index is 13.5. The quantitative estimate of drug-likeness (QED) is 0.598. The molecule has 0 radical (unpaired) electrons. The van der Waals surface area contributed by atoms with Gasteiger partial charge in [-0.05, 0) is 18.6 Å². The van der Waals surface area contributed by atoms with Crippen molar-refractivity contribution in [2.45, 2.75) is 18.9 Å². The first kappa shape index (κ1) is 17.3. The molecule has 22 heavy (non-hydrogen) atoms. The van der Waals surface area contributed by atoms with Gasteiger partial charge in [0.15, 0.2) is 0 Å². The summed E-state index contributed by atoms with van der Waals surface area (Å²) in [5.74, 6) is -5.70. The summed E-state index contributed by atoms with van der Waals surface area (Å²) in [7, 11) is 1.30. The van der Waals surface area contributed by atoms with E-state index in [4.69, 9.17) is 10.2 Å². The molecular weight excluding hydrogens is 302 g/mol. The van der Waals surface area contributed by atoms with Crippen molar-refractivity contribution in [3.05, 3.63) is 29.3 Å². The van der Waals surface area contributed by atoms with E-state index in [0.717, 1.165) is 12.1 Å². The predicted octanol–water partition coefficient (Wildman–Crippen LogP) is 1.05. The van der Waals surface area contributed by atoms with Crippen molar-refractivity contribution in [1.29, 1.82) is 0 Å². The summed E-state index contributed by atoms with van der Waals surface area (Å²) < 4.78 is 27.1. The van der Waals surface area contributed by atoms with Crippen LogP contribution in [0.1, 0.15) is 23.2 Å². The lowest BCUT2D eigenvalue weighted by Gasteiger charge is -2.14. The summed E-state index contributed by atoms with van der Waals surface area (Å²) >= 11 is 0. The second-order valence-electron chi connectivity index (χ2n) is 4.36. The van der Waals surface area contributed by atoms with Gasteiger partial charge in [0.05, 0.1) is 0 Å². The van der Waals surface area contributed by atoms with Crippen LogP contribution < -0.4 is 10.6 Å². The Morgan fingerprint density at radius 2 is 1.73 bits per heavy atom. The molecule has 1 aromatic carbocycles. The van der Waals surface area contributed by atoms with Gasteiger partial charge in [-0.1, -0.05) is 0 Å². The molecule has 0 spiro atoms. The molecule has 0 saturated heterocycles. The number of carbonyl (C=O) groups excluding carboxylic acids is 1. The molecule has 7 nitrogen and oxygen atoms in total. The van der Waals surface area contributed by atoms with Crippen molar-refractivity contribution in [1.82, 2.24) is 5.32 Å². The van der Waals surface area contributed by atoms with E-state index in [-0.39, 0.29) is 6.42 Å². The Morgan fingerprint density at radius 1 is 1.18 bits per heavy atom. The number of hydrogen-bond acceptors (Lipinski definition) is 4. The molecule has 0 fully saturated rings. The monoisotopic (exact) mass is 316 g/mol. The number of amides is 1. The fraction of sp³-hybridized carbons (Fsp3) is 0.308. The van der Waals surface area contributed by atoms with E-state index in [9.17, 15) is 23.2 Å². The van der Waals surface area contributed by atoms with Gasteiger partial charge in [0.1, 0.15) is 23.4 Å². The van der Waals surface area contributed by atoms with E-state index in [1.165, 1.54) is 7.05 Å². The number of rotatable bonds is 7. The first-order valence-electron chi connectivity index (χ1n) is 6.18. The average molecular weight is 316 g/mol. The van der Waals surface area contributed by atoms with Crippen molar-refractivity contribution in [3.63, 3.8) is 0 Å². The zero-order valence-electron chi connectivity index (χ0n) is 11.5. The molecule has 0 aliphatic heterocycles. The smallest absolute Gasteiger partial charge is 0.326 e.